The lowest BCUT2D eigenvalue weighted by Crippen LogP contribution is -2.16. The van der Waals surface area contributed by atoms with Crippen molar-refractivity contribution in [1.82, 2.24) is 4.57 Å². The Balaban J connectivity index is 1.66. The molecule has 8 heteroatoms. The standard InChI is InChI=1S/C18H14ClN3O4/c19-13-5-6-14(16(11-13)22(25)26)20-17(23)7-8-18(24)21-10-9-12-3-1-2-4-15(12)21/h1-6,9-11H,7-8H2,(H,20,23). The van der Waals surface area contributed by atoms with Crippen molar-refractivity contribution in [1.29, 1.82) is 0 Å². The minimum Gasteiger partial charge on any atom is -0.320 e. The summed E-state index contributed by atoms with van der Waals surface area (Å²) in [5.41, 5.74) is 0.517. The molecule has 3 rings (SSSR count). The molecule has 26 heavy (non-hydrogen) atoms. The fraction of sp³-hybridized carbons (Fsp3) is 0.111. The summed E-state index contributed by atoms with van der Waals surface area (Å²) in [4.78, 5) is 34.8. The van der Waals surface area contributed by atoms with Crippen LogP contribution in [0.25, 0.3) is 10.9 Å². The van der Waals surface area contributed by atoms with Crippen molar-refractivity contribution >= 4 is 45.7 Å². The molecule has 132 valence electrons. The molecule has 3 aromatic rings. The van der Waals surface area contributed by atoms with E-state index < -0.39 is 10.8 Å². The number of hydrogen-bond acceptors (Lipinski definition) is 4. The van der Waals surface area contributed by atoms with E-state index in [0.29, 0.717) is 0 Å². The van der Waals surface area contributed by atoms with Gasteiger partial charge in [-0.05, 0) is 24.3 Å². The summed E-state index contributed by atoms with van der Waals surface area (Å²) in [6, 6.07) is 13.2. The van der Waals surface area contributed by atoms with E-state index in [1.165, 1.54) is 16.7 Å². The number of anilines is 1. The number of halogens is 1. The smallest absolute Gasteiger partial charge is 0.294 e. The Bertz CT molecular complexity index is 1010. The minimum atomic E-state index is -0.626. The number of carbonyl (C=O) groups excluding carboxylic acids is 2. The van der Waals surface area contributed by atoms with Gasteiger partial charge in [0.15, 0.2) is 0 Å². The Morgan fingerprint density at radius 3 is 2.65 bits per heavy atom. The van der Waals surface area contributed by atoms with Crippen molar-refractivity contribution in [3.8, 4) is 0 Å². The van der Waals surface area contributed by atoms with Crippen LogP contribution in [0.3, 0.4) is 0 Å². The van der Waals surface area contributed by atoms with Crippen LogP contribution in [0.5, 0.6) is 0 Å². The molecule has 1 heterocycles. The van der Waals surface area contributed by atoms with Gasteiger partial charge in [0.25, 0.3) is 5.69 Å². The van der Waals surface area contributed by atoms with Gasteiger partial charge in [-0.3, -0.25) is 24.3 Å². The van der Waals surface area contributed by atoms with Crippen molar-refractivity contribution < 1.29 is 14.5 Å². The van der Waals surface area contributed by atoms with Gasteiger partial charge in [-0.2, -0.15) is 0 Å². The molecule has 1 amide bonds. The fourth-order valence-electron chi connectivity index (χ4n) is 2.62. The topological polar surface area (TPSA) is 94.2 Å². The van der Waals surface area contributed by atoms with Crippen molar-refractivity contribution in [2.45, 2.75) is 12.8 Å². The van der Waals surface area contributed by atoms with Crippen LogP contribution >= 0.6 is 11.6 Å². The van der Waals surface area contributed by atoms with Crippen molar-refractivity contribution in [3.05, 3.63) is 69.9 Å². The second-order valence-electron chi connectivity index (χ2n) is 5.61. The van der Waals surface area contributed by atoms with E-state index in [0.717, 1.165) is 17.0 Å². The quantitative estimate of drug-likeness (QED) is 0.535. The fourth-order valence-corrected chi connectivity index (χ4v) is 2.78. The highest BCUT2D eigenvalue weighted by Crippen LogP contribution is 2.28. The average Bonchev–Trinajstić information content (AvgIpc) is 3.05. The molecule has 0 fully saturated rings. The number of nitro groups is 1. The zero-order chi connectivity index (χ0) is 18.7. The zero-order valence-corrected chi connectivity index (χ0v) is 14.3. The predicted octanol–water partition coefficient (Wildman–Crippen LogP) is 4.26. The molecule has 0 aliphatic heterocycles. The molecular weight excluding hydrogens is 358 g/mol. The SMILES string of the molecule is O=C(CCC(=O)n1ccc2ccccc21)Nc1ccc(Cl)cc1[N+](=O)[O-]. The molecule has 0 aliphatic carbocycles. The van der Waals surface area contributed by atoms with E-state index in [1.807, 2.05) is 30.3 Å². The predicted molar refractivity (Wildman–Crippen MR) is 98.5 cm³/mol. The highest BCUT2D eigenvalue weighted by Gasteiger charge is 2.17. The number of benzene rings is 2. The van der Waals surface area contributed by atoms with Gasteiger partial charge in [0, 0.05) is 35.5 Å². The largest absolute Gasteiger partial charge is 0.320 e. The lowest BCUT2D eigenvalue weighted by Gasteiger charge is -2.07. The molecular formula is C18H14ClN3O4. The summed E-state index contributed by atoms with van der Waals surface area (Å²) in [6.45, 7) is 0. The number of carbonyl (C=O) groups is 2. The molecule has 0 aliphatic rings. The Kier molecular flexibility index (Phi) is 4.99. The molecule has 0 saturated heterocycles. The molecule has 0 saturated carbocycles. The Morgan fingerprint density at radius 1 is 1.12 bits per heavy atom. The van der Waals surface area contributed by atoms with Crippen LogP contribution in [0, 0.1) is 10.1 Å². The summed E-state index contributed by atoms with van der Waals surface area (Å²) >= 11 is 5.74. The van der Waals surface area contributed by atoms with E-state index in [9.17, 15) is 19.7 Å². The first kappa shape index (κ1) is 17.6. The molecule has 0 radical (unpaired) electrons. The van der Waals surface area contributed by atoms with Gasteiger partial charge in [0.05, 0.1) is 10.4 Å². The Hall–Kier alpha value is -3.19. The third kappa shape index (κ3) is 3.73. The molecule has 1 N–H and O–H groups in total. The van der Waals surface area contributed by atoms with Gasteiger partial charge in [-0.25, -0.2) is 0 Å². The van der Waals surface area contributed by atoms with E-state index in [-0.39, 0.29) is 35.1 Å². The molecule has 0 atom stereocenters. The summed E-state index contributed by atoms with van der Waals surface area (Å²) < 4.78 is 1.49. The number of rotatable bonds is 5. The maximum absolute atomic E-state index is 12.4. The van der Waals surface area contributed by atoms with Crippen LogP contribution in [0.2, 0.25) is 5.02 Å². The summed E-state index contributed by atoms with van der Waals surface area (Å²) in [5, 5.41) is 14.6. The molecule has 0 unspecified atom stereocenters. The van der Waals surface area contributed by atoms with Crippen LogP contribution in [-0.2, 0) is 4.79 Å². The van der Waals surface area contributed by atoms with Crippen molar-refractivity contribution in [2.75, 3.05) is 5.32 Å². The first-order chi connectivity index (χ1) is 12.5. The Labute approximate surface area is 153 Å². The van der Waals surface area contributed by atoms with Crippen LogP contribution < -0.4 is 5.32 Å². The van der Waals surface area contributed by atoms with Crippen molar-refractivity contribution in [2.24, 2.45) is 0 Å². The third-order valence-corrected chi connectivity index (χ3v) is 4.10. The maximum Gasteiger partial charge on any atom is 0.294 e. The summed E-state index contributed by atoms with van der Waals surface area (Å²) in [5.74, 6) is -0.716. The van der Waals surface area contributed by atoms with Gasteiger partial charge in [-0.1, -0.05) is 29.8 Å². The second-order valence-corrected chi connectivity index (χ2v) is 6.04. The summed E-state index contributed by atoms with van der Waals surface area (Å²) in [6.07, 6.45) is 1.55. The number of hydrogen-bond donors (Lipinski definition) is 1. The second kappa shape index (κ2) is 7.37. The van der Waals surface area contributed by atoms with Crippen LogP contribution in [0.4, 0.5) is 11.4 Å². The first-order valence-electron chi connectivity index (χ1n) is 7.79. The highest BCUT2D eigenvalue weighted by atomic mass is 35.5. The lowest BCUT2D eigenvalue weighted by molar-refractivity contribution is -0.383. The molecule has 0 bridgehead atoms. The maximum atomic E-state index is 12.4. The Morgan fingerprint density at radius 2 is 1.88 bits per heavy atom. The number of fused-ring (bicyclic) bond motifs is 1. The monoisotopic (exact) mass is 371 g/mol. The lowest BCUT2D eigenvalue weighted by atomic mass is 10.2. The molecule has 2 aromatic carbocycles. The van der Waals surface area contributed by atoms with Gasteiger partial charge in [0.2, 0.25) is 11.8 Å². The van der Waals surface area contributed by atoms with E-state index >= 15 is 0 Å². The third-order valence-electron chi connectivity index (χ3n) is 3.86. The van der Waals surface area contributed by atoms with Crippen molar-refractivity contribution in [3.63, 3.8) is 0 Å². The van der Waals surface area contributed by atoms with E-state index in [2.05, 4.69) is 5.32 Å². The first-order valence-corrected chi connectivity index (χ1v) is 8.16. The van der Waals surface area contributed by atoms with Gasteiger partial charge in [0.1, 0.15) is 5.69 Å². The van der Waals surface area contributed by atoms with E-state index in [1.54, 1.807) is 6.20 Å². The number of aromatic nitrogens is 1. The van der Waals surface area contributed by atoms with Gasteiger partial charge < -0.3 is 5.32 Å². The molecule has 7 nitrogen and oxygen atoms in total. The van der Waals surface area contributed by atoms with Gasteiger partial charge in [-0.15, -0.1) is 0 Å². The minimum absolute atomic E-state index is 0.0219. The summed E-state index contributed by atoms with van der Waals surface area (Å²) in [7, 11) is 0. The average molecular weight is 372 g/mol. The van der Waals surface area contributed by atoms with Gasteiger partial charge >= 0.3 is 0 Å². The normalized spacial score (nSPS) is 10.7. The van der Waals surface area contributed by atoms with Crippen LogP contribution in [0.15, 0.2) is 54.7 Å². The number of amides is 1. The molecule has 0 spiro atoms. The van der Waals surface area contributed by atoms with E-state index in [4.69, 9.17) is 11.6 Å². The van der Waals surface area contributed by atoms with Crippen LogP contribution in [0.1, 0.15) is 17.6 Å². The number of para-hydroxylation sites is 1. The number of nitrogens with one attached hydrogen (secondary N) is 1. The number of nitrogens with zero attached hydrogens (tertiary/aromatic N) is 2. The number of nitro benzene ring substituents is 1. The van der Waals surface area contributed by atoms with Crippen LogP contribution in [-0.4, -0.2) is 21.3 Å². The molecule has 1 aromatic heterocycles. The zero-order valence-electron chi connectivity index (χ0n) is 13.5. The highest BCUT2D eigenvalue weighted by molar-refractivity contribution is 6.31.